The van der Waals surface area contributed by atoms with Gasteiger partial charge in [-0.15, -0.1) is 11.3 Å². The second-order valence-electron chi connectivity index (χ2n) is 8.03. The third kappa shape index (κ3) is 3.46. The van der Waals surface area contributed by atoms with Gasteiger partial charge in [0, 0.05) is 16.0 Å². The molecule has 7 heteroatoms. The Morgan fingerprint density at radius 2 is 1.96 bits per heavy atom. The molecular weight excluding hydrogens is 374 g/mol. The normalized spacial score (nSPS) is 16.6. The first-order valence-electron chi connectivity index (χ1n) is 9.01. The highest BCUT2D eigenvalue weighted by Crippen LogP contribution is 2.45. The molecule has 1 aromatic heterocycles. The summed E-state index contributed by atoms with van der Waals surface area (Å²) in [4.78, 5) is 14.0. The molecular formula is C21H25N3O3S. The predicted molar refractivity (Wildman–Crippen MR) is 110 cm³/mol. The van der Waals surface area contributed by atoms with Crippen LogP contribution in [0.4, 0.5) is 5.00 Å². The minimum atomic E-state index is -0.337. The Kier molecular flexibility index (Phi) is 5.13. The summed E-state index contributed by atoms with van der Waals surface area (Å²) in [6.45, 7) is 8.44. The average molecular weight is 400 g/mol. The molecule has 1 aliphatic heterocycles. The number of fused-ring (bicyclic) bond motifs is 1. The molecule has 1 aliphatic rings. The van der Waals surface area contributed by atoms with Gasteiger partial charge in [0.2, 0.25) is 0 Å². The smallest absolute Gasteiger partial charge is 0.260 e. The van der Waals surface area contributed by atoms with Gasteiger partial charge in [-0.3, -0.25) is 4.79 Å². The fourth-order valence-electron chi connectivity index (χ4n) is 3.97. The van der Waals surface area contributed by atoms with Crippen LogP contribution in [0.15, 0.2) is 18.2 Å². The number of nitriles is 1. The molecule has 0 aliphatic carbocycles. The fourth-order valence-corrected chi connectivity index (χ4v) is 5.19. The highest BCUT2D eigenvalue weighted by atomic mass is 32.1. The lowest BCUT2D eigenvalue weighted by Gasteiger charge is -2.42. The number of methoxy groups -OCH3 is 2. The van der Waals surface area contributed by atoms with Gasteiger partial charge in [0.05, 0.1) is 25.3 Å². The summed E-state index contributed by atoms with van der Waals surface area (Å²) in [6.07, 6.45) is 0.726. The third-order valence-corrected chi connectivity index (χ3v) is 6.30. The lowest BCUT2D eigenvalue weighted by atomic mass is 9.81. The monoisotopic (exact) mass is 399 g/mol. The maximum atomic E-state index is 13.0. The van der Waals surface area contributed by atoms with Crippen molar-refractivity contribution >= 4 is 22.2 Å². The molecule has 0 fully saturated rings. The number of hydrogen-bond donors (Lipinski definition) is 2. The number of thiophene rings is 1. The quantitative estimate of drug-likeness (QED) is 0.810. The minimum Gasteiger partial charge on any atom is -0.493 e. The van der Waals surface area contributed by atoms with Crippen LogP contribution in [0.5, 0.6) is 11.5 Å². The molecule has 1 aromatic carbocycles. The van der Waals surface area contributed by atoms with Crippen LogP contribution in [0.1, 0.15) is 54.1 Å². The van der Waals surface area contributed by atoms with Crippen molar-refractivity contribution in [2.45, 2.75) is 45.2 Å². The van der Waals surface area contributed by atoms with Gasteiger partial charge in [-0.25, -0.2) is 0 Å². The van der Waals surface area contributed by atoms with Crippen LogP contribution < -0.4 is 20.1 Å². The number of amides is 1. The third-order valence-electron chi connectivity index (χ3n) is 4.83. The molecule has 0 radical (unpaired) electrons. The van der Waals surface area contributed by atoms with E-state index in [0.717, 1.165) is 16.9 Å². The molecule has 0 bridgehead atoms. The number of rotatable bonds is 4. The standard InChI is InChI=1S/C21H25N3O3S/c1-20(2)10-13-14(11-22)19(28-17(13)21(3,4)24-20)23-18(25)12-8-7-9-15(26-5)16(12)27-6/h7-9,24H,10H2,1-6H3,(H,23,25). The summed E-state index contributed by atoms with van der Waals surface area (Å²) < 4.78 is 10.6. The van der Waals surface area contributed by atoms with E-state index < -0.39 is 0 Å². The molecule has 0 spiro atoms. The number of anilines is 1. The van der Waals surface area contributed by atoms with E-state index in [2.05, 4.69) is 44.4 Å². The zero-order valence-corrected chi connectivity index (χ0v) is 17.8. The Bertz CT molecular complexity index is 970. The Labute approximate surface area is 169 Å². The number of benzene rings is 1. The van der Waals surface area contributed by atoms with Crippen molar-refractivity contribution in [1.82, 2.24) is 5.32 Å². The highest BCUT2D eigenvalue weighted by Gasteiger charge is 2.40. The van der Waals surface area contributed by atoms with E-state index >= 15 is 0 Å². The maximum absolute atomic E-state index is 13.0. The Hall–Kier alpha value is -2.56. The van der Waals surface area contributed by atoms with Crippen molar-refractivity contribution in [1.29, 1.82) is 5.26 Å². The van der Waals surface area contributed by atoms with Crippen LogP contribution >= 0.6 is 11.3 Å². The molecule has 0 saturated carbocycles. The molecule has 2 heterocycles. The maximum Gasteiger partial charge on any atom is 0.260 e. The Morgan fingerprint density at radius 3 is 2.57 bits per heavy atom. The summed E-state index contributed by atoms with van der Waals surface area (Å²) in [5.41, 5.74) is 1.48. The molecule has 6 nitrogen and oxygen atoms in total. The number of para-hydroxylation sites is 1. The Morgan fingerprint density at radius 1 is 1.25 bits per heavy atom. The lowest BCUT2D eigenvalue weighted by Crippen LogP contribution is -2.54. The van der Waals surface area contributed by atoms with E-state index in [9.17, 15) is 10.1 Å². The first kappa shape index (κ1) is 20.2. The van der Waals surface area contributed by atoms with Gasteiger partial charge in [0.1, 0.15) is 11.1 Å². The minimum absolute atomic E-state index is 0.138. The van der Waals surface area contributed by atoms with Crippen LogP contribution in [0.25, 0.3) is 0 Å². The van der Waals surface area contributed by atoms with Crippen molar-refractivity contribution in [3.05, 3.63) is 39.8 Å². The number of carbonyl (C=O) groups excluding carboxylic acids is 1. The van der Waals surface area contributed by atoms with Crippen LogP contribution in [-0.2, 0) is 12.0 Å². The lowest BCUT2D eigenvalue weighted by molar-refractivity contribution is 0.102. The fraction of sp³-hybridized carbons (Fsp3) is 0.429. The number of ether oxygens (including phenoxy) is 2. The Balaban J connectivity index is 2.03. The summed E-state index contributed by atoms with van der Waals surface area (Å²) >= 11 is 1.45. The molecule has 0 unspecified atom stereocenters. The van der Waals surface area contributed by atoms with Crippen molar-refractivity contribution < 1.29 is 14.3 Å². The van der Waals surface area contributed by atoms with Crippen LogP contribution in [-0.4, -0.2) is 25.7 Å². The first-order chi connectivity index (χ1) is 13.1. The number of nitrogens with one attached hydrogen (secondary N) is 2. The molecule has 0 atom stereocenters. The van der Waals surface area contributed by atoms with E-state index in [1.54, 1.807) is 18.2 Å². The molecule has 28 heavy (non-hydrogen) atoms. The molecule has 0 saturated heterocycles. The van der Waals surface area contributed by atoms with Crippen LogP contribution in [0, 0.1) is 11.3 Å². The average Bonchev–Trinajstić information content (AvgIpc) is 2.96. The summed E-state index contributed by atoms with van der Waals surface area (Å²) in [5, 5.41) is 16.9. The van der Waals surface area contributed by atoms with Crippen molar-refractivity contribution in [2.75, 3.05) is 19.5 Å². The number of hydrogen-bond acceptors (Lipinski definition) is 6. The summed E-state index contributed by atoms with van der Waals surface area (Å²) in [5.74, 6) is 0.509. The predicted octanol–water partition coefficient (Wildman–Crippen LogP) is 4.05. The van der Waals surface area contributed by atoms with Gasteiger partial charge < -0.3 is 20.1 Å². The van der Waals surface area contributed by atoms with Crippen molar-refractivity contribution in [3.8, 4) is 17.6 Å². The van der Waals surface area contributed by atoms with Gasteiger partial charge in [0.25, 0.3) is 5.91 Å². The van der Waals surface area contributed by atoms with Gasteiger partial charge in [-0.1, -0.05) is 6.07 Å². The zero-order chi connectivity index (χ0) is 20.7. The number of nitrogens with zero attached hydrogens (tertiary/aromatic N) is 1. The highest BCUT2D eigenvalue weighted by molar-refractivity contribution is 7.17. The second kappa shape index (κ2) is 7.12. The van der Waals surface area contributed by atoms with E-state index in [0.29, 0.717) is 27.6 Å². The van der Waals surface area contributed by atoms with Crippen molar-refractivity contribution in [3.63, 3.8) is 0 Å². The summed E-state index contributed by atoms with van der Waals surface area (Å²) in [6, 6.07) is 7.44. The molecule has 3 rings (SSSR count). The molecule has 148 valence electrons. The van der Waals surface area contributed by atoms with Gasteiger partial charge in [-0.2, -0.15) is 5.26 Å². The van der Waals surface area contributed by atoms with E-state index in [1.807, 2.05) is 0 Å². The summed E-state index contributed by atoms with van der Waals surface area (Å²) in [7, 11) is 3.02. The van der Waals surface area contributed by atoms with E-state index in [-0.39, 0.29) is 17.0 Å². The topological polar surface area (TPSA) is 83.4 Å². The van der Waals surface area contributed by atoms with Crippen LogP contribution in [0.2, 0.25) is 0 Å². The van der Waals surface area contributed by atoms with Gasteiger partial charge >= 0.3 is 0 Å². The largest absolute Gasteiger partial charge is 0.493 e. The molecule has 2 N–H and O–H groups in total. The first-order valence-corrected chi connectivity index (χ1v) is 9.83. The number of carbonyl (C=O) groups is 1. The van der Waals surface area contributed by atoms with E-state index in [4.69, 9.17) is 9.47 Å². The van der Waals surface area contributed by atoms with Gasteiger partial charge in [0.15, 0.2) is 11.5 Å². The zero-order valence-electron chi connectivity index (χ0n) is 17.0. The van der Waals surface area contributed by atoms with Gasteiger partial charge in [-0.05, 0) is 51.8 Å². The molecule has 2 aromatic rings. The second-order valence-corrected chi connectivity index (χ2v) is 9.05. The van der Waals surface area contributed by atoms with E-state index in [1.165, 1.54) is 25.6 Å². The van der Waals surface area contributed by atoms with Crippen molar-refractivity contribution in [2.24, 2.45) is 0 Å². The molecule has 1 amide bonds. The SMILES string of the molecule is COc1cccc(C(=O)Nc2sc3c(c2C#N)CC(C)(C)NC3(C)C)c1OC. The van der Waals surface area contributed by atoms with Crippen LogP contribution in [0.3, 0.4) is 0 Å².